The number of rotatable bonds is 7. The number of hydrogen-bond donors (Lipinski definition) is 1. The van der Waals surface area contributed by atoms with Crippen molar-refractivity contribution in [3.05, 3.63) is 29.6 Å². The van der Waals surface area contributed by atoms with Crippen LogP contribution in [0.2, 0.25) is 0 Å². The van der Waals surface area contributed by atoms with E-state index in [4.69, 9.17) is 5.11 Å². The van der Waals surface area contributed by atoms with Gasteiger partial charge in [0.1, 0.15) is 5.82 Å². The minimum absolute atomic E-state index is 0.298. The normalized spacial score (nSPS) is 11.1. The Morgan fingerprint density at radius 3 is 2.85 bits per heavy atom. The molecule has 0 atom stereocenters. The molecule has 0 aliphatic carbocycles. The maximum Gasteiger partial charge on any atom is 0.335 e. The van der Waals surface area contributed by atoms with E-state index in [1.807, 2.05) is 17.8 Å². The van der Waals surface area contributed by atoms with Gasteiger partial charge in [-0.2, -0.15) is 11.8 Å². The highest BCUT2D eigenvalue weighted by molar-refractivity contribution is 7.98. The second-order valence-electron chi connectivity index (χ2n) is 4.74. The zero-order valence-electron chi connectivity index (χ0n) is 11.9. The molecule has 0 bridgehead atoms. The Labute approximate surface area is 123 Å². The molecule has 2 aromatic rings. The van der Waals surface area contributed by atoms with Crippen molar-refractivity contribution in [1.82, 2.24) is 9.55 Å². The smallest absolute Gasteiger partial charge is 0.335 e. The Kier molecular flexibility index (Phi) is 5.06. The Morgan fingerprint density at radius 2 is 2.20 bits per heavy atom. The van der Waals surface area contributed by atoms with Crippen LogP contribution in [0.1, 0.15) is 35.9 Å². The number of benzene rings is 1. The fourth-order valence-corrected chi connectivity index (χ4v) is 2.84. The van der Waals surface area contributed by atoms with Crippen LogP contribution in [0.3, 0.4) is 0 Å². The van der Waals surface area contributed by atoms with Gasteiger partial charge in [-0.3, -0.25) is 0 Å². The number of unbranched alkanes of at least 4 members (excludes halogenated alkanes) is 1. The first kappa shape index (κ1) is 14.9. The molecule has 4 nitrogen and oxygen atoms in total. The van der Waals surface area contributed by atoms with Gasteiger partial charge in [0, 0.05) is 13.0 Å². The molecular formula is C15H20N2O2S. The number of nitrogens with zero attached hydrogens (tertiary/aromatic N) is 2. The van der Waals surface area contributed by atoms with Gasteiger partial charge in [0.05, 0.1) is 16.6 Å². The van der Waals surface area contributed by atoms with Crippen LogP contribution in [-0.4, -0.2) is 32.6 Å². The first-order valence-electron chi connectivity index (χ1n) is 6.88. The molecule has 20 heavy (non-hydrogen) atoms. The zero-order valence-corrected chi connectivity index (χ0v) is 12.7. The number of carboxylic acids is 1. The van der Waals surface area contributed by atoms with Crippen LogP contribution in [0.15, 0.2) is 18.2 Å². The molecule has 108 valence electrons. The number of thioether (sulfide) groups is 1. The van der Waals surface area contributed by atoms with Gasteiger partial charge < -0.3 is 9.67 Å². The van der Waals surface area contributed by atoms with E-state index in [1.54, 1.807) is 12.1 Å². The molecule has 0 amide bonds. The van der Waals surface area contributed by atoms with Gasteiger partial charge in [-0.1, -0.05) is 6.92 Å². The highest BCUT2D eigenvalue weighted by atomic mass is 32.2. The summed E-state index contributed by atoms with van der Waals surface area (Å²) in [5.74, 6) is 1.31. The van der Waals surface area contributed by atoms with E-state index in [2.05, 4.69) is 22.7 Å². The molecule has 0 saturated carbocycles. The van der Waals surface area contributed by atoms with Crippen molar-refractivity contribution in [3.63, 3.8) is 0 Å². The average Bonchev–Trinajstić information content (AvgIpc) is 2.80. The molecule has 1 aromatic heterocycles. The Hall–Kier alpha value is -1.49. The molecule has 1 heterocycles. The second kappa shape index (κ2) is 6.79. The summed E-state index contributed by atoms with van der Waals surface area (Å²) in [7, 11) is 0. The number of aromatic nitrogens is 2. The molecule has 0 aliphatic heterocycles. The molecule has 5 heteroatoms. The van der Waals surface area contributed by atoms with Crippen molar-refractivity contribution in [2.75, 3.05) is 12.0 Å². The molecular weight excluding hydrogens is 272 g/mol. The monoisotopic (exact) mass is 292 g/mol. The van der Waals surface area contributed by atoms with E-state index in [0.29, 0.717) is 5.56 Å². The van der Waals surface area contributed by atoms with Gasteiger partial charge in [-0.25, -0.2) is 9.78 Å². The number of carbonyl (C=O) groups is 1. The number of fused-ring (bicyclic) bond motifs is 1. The zero-order chi connectivity index (χ0) is 14.5. The van der Waals surface area contributed by atoms with Crippen LogP contribution in [-0.2, 0) is 13.0 Å². The highest BCUT2D eigenvalue weighted by Gasteiger charge is 2.11. The SMILES string of the molecule is CCc1nc2cc(C(=O)O)ccc2n1CCCCSC. The fraction of sp³-hybridized carbons (Fsp3) is 0.467. The van der Waals surface area contributed by atoms with E-state index in [1.165, 1.54) is 12.2 Å². The summed E-state index contributed by atoms with van der Waals surface area (Å²) < 4.78 is 2.22. The Bertz CT molecular complexity index is 607. The number of carboxylic acid groups (broad SMARTS) is 1. The van der Waals surface area contributed by atoms with Gasteiger partial charge in [-0.15, -0.1) is 0 Å². The van der Waals surface area contributed by atoms with Crippen LogP contribution >= 0.6 is 11.8 Å². The number of aryl methyl sites for hydroxylation is 2. The minimum Gasteiger partial charge on any atom is -0.478 e. The van der Waals surface area contributed by atoms with E-state index < -0.39 is 5.97 Å². The second-order valence-corrected chi connectivity index (χ2v) is 5.73. The largest absolute Gasteiger partial charge is 0.478 e. The van der Waals surface area contributed by atoms with Crippen LogP contribution in [0, 0.1) is 0 Å². The number of hydrogen-bond acceptors (Lipinski definition) is 3. The maximum atomic E-state index is 11.0. The van der Waals surface area contributed by atoms with Gasteiger partial charge in [0.2, 0.25) is 0 Å². The lowest BCUT2D eigenvalue weighted by molar-refractivity contribution is 0.0697. The topological polar surface area (TPSA) is 55.1 Å². The third-order valence-electron chi connectivity index (χ3n) is 3.37. The molecule has 0 unspecified atom stereocenters. The van der Waals surface area contributed by atoms with Crippen molar-refractivity contribution in [3.8, 4) is 0 Å². The van der Waals surface area contributed by atoms with Crippen LogP contribution < -0.4 is 0 Å². The summed E-state index contributed by atoms with van der Waals surface area (Å²) in [6.07, 6.45) is 5.30. The van der Waals surface area contributed by atoms with Crippen LogP contribution in [0.4, 0.5) is 0 Å². The lowest BCUT2D eigenvalue weighted by Crippen LogP contribution is -2.03. The summed E-state index contributed by atoms with van der Waals surface area (Å²) in [6, 6.07) is 5.19. The minimum atomic E-state index is -0.903. The molecule has 2 rings (SSSR count). The van der Waals surface area contributed by atoms with E-state index >= 15 is 0 Å². The van der Waals surface area contributed by atoms with Gasteiger partial charge in [0.25, 0.3) is 0 Å². The molecule has 0 radical (unpaired) electrons. The standard InChI is InChI=1S/C15H20N2O2S/c1-3-14-16-12-10-11(15(18)19)6-7-13(12)17(14)8-4-5-9-20-2/h6-7,10H,3-5,8-9H2,1-2H3,(H,18,19). The lowest BCUT2D eigenvalue weighted by atomic mass is 10.2. The van der Waals surface area contributed by atoms with Crippen LogP contribution in [0.5, 0.6) is 0 Å². The molecule has 1 N–H and O–H groups in total. The Balaban J connectivity index is 2.29. The molecule has 0 spiro atoms. The quantitative estimate of drug-likeness (QED) is 0.794. The van der Waals surface area contributed by atoms with Crippen molar-refractivity contribution in [1.29, 1.82) is 0 Å². The van der Waals surface area contributed by atoms with Crippen molar-refractivity contribution in [2.45, 2.75) is 32.7 Å². The maximum absolute atomic E-state index is 11.0. The highest BCUT2D eigenvalue weighted by Crippen LogP contribution is 2.19. The molecule has 0 aliphatic rings. The van der Waals surface area contributed by atoms with Crippen molar-refractivity contribution >= 4 is 28.8 Å². The first-order chi connectivity index (χ1) is 9.67. The predicted molar refractivity (Wildman–Crippen MR) is 83.7 cm³/mol. The Morgan fingerprint density at radius 1 is 1.40 bits per heavy atom. The number of aromatic carboxylic acids is 1. The fourth-order valence-electron chi connectivity index (χ4n) is 2.35. The first-order valence-corrected chi connectivity index (χ1v) is 8.28. The summed E-state index contributed by atoms with van der Waals surface area (Å²) in [4.78, 5) is 15.6. The summed E-state index contributed by atoms with van der Waals surface area (Å²) in [5, 5.41) is 9.04. The van der Waals surface area contributed by atoms with E-state index in [-0.39, 0.29) is 0 Å². The molecule has 1 aromatic carbocycles. The lowest BCUT2D eigenvalue weighted by Gasteiger charge is -2.07. The van der Waals surface area contributed by atoms with E-state index in [0.717, 1.165) is 36.2 Å². The molecule has 0 saturated heterocycles. The van der Waals surface area contributed by atoms with E-state index in [9.17, 15) is 4.79 Å². The van der Waals surface area contributed by atoms with Gasteiger partial charge in [0.15, 0.2) is 0 Å². The van der Waals surface area contributed by atoms with Gasteiger partial charge >= 0.3 is 5.97 Å². The third kappa shape index (κ3) is 3.15. The summed E-state index contributed by atoms with van der Waals surface area (Å²) >= 11 is 1.87. The van der Waals surface area contributed by atoms with Gasteiger partial charge in [-0.05, 0) is 43.0 Å². The number of imidazole rings is 1. The third-order valence-corrected chi connectivity index (χ3v) is 4.07. The summed E-state index contributed by atoms with van der Waals surface area (Å²) in [5.41, 5.74) is 2.12. The van der Waals surface area contributed by atoms with Crippen molar-refractivity contribution in [2.24, 2.45) is 0 Å². The van der Waals surface area contributed by atoms with Crippen molar-refractivity contribution < 1.29 is 9.90 Å². The van der Waals surface area contributed by atoms with Crippen LogP contribution in [0.25, 0.3) is 11.0 Å². The predicted octanol–water partition coefficient (Wildman–Crippen LogP) is 3.44. The summed E-state index contributed by atoms with van der Waals surface area (Å²) in [6.45, 7) is 3.03. The molecule has 0 fully saturated rings. The average molecular weight is 292 g/mol.